The molecule has 3 rings (SSSR count). The van der Waals surface area contributed by atoms with Gasteiger partial charge < -0.3 is 5.32 Å². The van der Waals surface area contributed by atoms with Crippen LogP contribution in [0.2, 0.25) is 0 Å². The van der Waals surface area contributed by atoms with Crippen molar-refractivity contribution >= 4 is 32.8 Å². The highest BCUT2D eigenvalue weighted by atomic mass is 32.2. The quantitative estimate of drug-likeness (QED) is 0.864. The van der Waals surface area contributed by atoms with Crippen molar-refractivity contribution in [1.29, 1.82) is 0 Å². The highest BCUT2D eigenvalue weighted by Gasteiger charge is 2.20. The van der Waals surface area contributed by atoms with E-state index >= 15 is 0 Å². The lowest BCUT2D eigenvalue weighted by Gasteiger charge is -2.11. The van der Waals surface area contributed by atoms with E-state index in [-0.39, 0.29) is 4.90 Å². The first-order valence-electron chi connectivity index (χ1n) is 6.61. The molecule has 108 valence electrons. The second-order valence-electron chi connectivity index (χ2n) is 4.87. The molecule has 0 amide bonds. The number of aromatic nitrogens is 2. The van der Waals surface area contributed by atoms with Gasteiger partial charge in [0.25, 0.3) is 0 Å². The number of fused-ring (bicyclic) bond motifs is 1. The highest BCUT2D eigenvalue weighted by molar-refractivity contribution is 7.89. The van der Waals surface area contributed by atoms with Crippen LogP contribution in [0.3, 0.4) is 0 Å². The summed E-state index contributed by atoms with van der Waals surface area (Å²) in [5.74, 6) is 0. The van der Waals surface area contributed by atoms with Gasteiger partial charge in [-0.2, -0.15) is 8.75 Å². The number of benzene rings is 1. The second-order valence-corrected chi connectivity index (χ2v) is 7.13. The Morgan fingerprint density at radius 3 is 3.10 bits per heavy atom. The summed E-state index contributed by atoms with van der Waals surface area (Å²) >= 11 is 1.03. The van der Waals surface area contributed by atoms with E-state index in [4.69, 9.17) is 0 Å². The van der Waals surface area contributed by atoms with Crippen LogP contribution in [0.5, 0.6) is 0 Å². The fraction of sp³-hybridized carbons (Fsp3) is 0.500. The molecule has 6 nitrogen and oxygen atoms in total. The first kappa shape index (κ1) is 13.9. The highest BCUT2D eigenvalue weighted by Crippen LogP contribution is 2.20. The fourth-order valence-electron chi connectivity index (χ4n) is 2.45. The normalized spacial score (nSPS) is 19.7. The Labute approximate surface area is 122 Å². The zero-order valence-electron chi connectivity index (χ0n) is 10.9. The van der Waals surface area contributed by atoms with Gasteiger partial charge in [-0.1, -0.05) is 6.07 Å². The van der Waals surface area contributed by atoms with E-state index in [2.05, 4.69) is 18.8 Å². The number of rotatable bonds is 5. The number of hydrogen-bond donors (Lipinski definition) is 2. The average Bonchev–Trinajstić information content (AvgIpc) is 3.08. The van der Waals surface area contributed by atoms with Crippen LogP contribution in [0.1, 0.15) is 19.3 Å². The zero-order valence-corrected chi connectivity index (χ0v) is 12.5. The van der Waals surface area contributed by atoms with Gasteiger partial charge >= 0.3 is 0 Å². The summed E-state index contributed by atoms with van der Waals surface area (Å²) in [5.41, 5.74) is 1.07. The molecule has 20 heavy (non-hydrogen) atoms. The van der Waals surface area contributed by atoms with Gasteiger partial charge in [0, 0.05) is 12.6 Å². The third kappa shape index (κ3) is 2.83. The Kier molecular flexibility index (Phi) is 3.97. The Morgan fingerprint density at radius 2 is 2.30 bits per heavy atom. The molecule has 1 fully saturated rings. The molecule has 1 atom stereocenters. The van der Waals surface area contributed by atoms with Gasteiger partial charge in [-0.15, -0.1) is 0 Å². The Morgan fingerprint density at radius 1 is 1.40 bits per heavy atom. The van der Waals surface area contributed by atoms with Gasteiger partial charge in [0.2, 0.25) is 10.0 Å². The van der Waals surface area contributed by atoms with Crippen molar-refractivity contribution in [3.63, 3.8) is 0 Å². The topological polar surface area (TPSA) is 84.0 Å². The molecule has 2 heterocycles. The minimum atomic E-state index is -3.52. The van der Waals surface area contributed by atoms with Crippen LogP contribution in [0.15, 0.2) is 23.1 Å². The zero-order chi connectivity index (χ0) is 14.0. The molecule has 0 saturated carbocycles. The lowest BCUT2D eigenvalue weighted by molar-refractivity contribution is 0.540. The molecule has 1 aliphatic rings. The van der Waals surface area contributed by atoms with Crippen molar-refractivity contribution in [2.75, 3.05) is 13.1 Å². The van der Waals surface area contributed by atoms with Crippen LogP contribution in [0.25, 0.3) is 11.0 Å². The number of nitrogens with one attached hydrogen (secondary N) is 2. The van der Waals surface area contributed by atoms with Crippen LogP contribution in [-0.4, -0.2) is 36.3 Å². The molecular weight excluding hydrogens is 296 g/mol. The number of sulfonamides is 1. The number of hydrogen-bond acceptors (Lipinski definition) is 6. The summed E-state index contributed by atoms with van der Waals surface area (Å²) in [6, 6.07) is 5.45. The van der Waals surface area contributed by atoms with E-state index < -0.39 is 10.0 Å². The Balaban J connectivity index is 1.72. The smallest absolute Gasteiger partial charge is 0.242 e. The molecule has 0 unspecified atom stereocenters. The van der Waals surface area contributed by atoms with E-state index in [1.54, 1.807) is 18.2 Å². The van der Waals surface area contributed by atoms with Crippen LogP contribution >= 0.6 is 11.7 Å². The second kappa shape index (κ2) is 5.72. The fourth-order valence-corrected chi connectivity index (χ4v) is 4.26. The van der Waals surface area contributed by atoms with Gasteiger partial charge in [0.05, 0.1) is 11.7 Å². The minimum absolute atomic E-state index is 0.211. The van der Waals surface area contributed by atoms with Crippen LogP contribution in [0.4, 0.5) is 0 Å². The summed E-state index contributed by atoms with van der Waals surface area (Å²) in [4.78, 5) is 0.211. The van der Waals surface area contributed by atoms with Crippen LogP contribution < -0.4 is 10.0 Å². The lowest BCUT2D eigenvalue weighted by Crippen LogP contribution is -2.30. The van der Waals surface area contributed by atoms with E-state index in [0.717, 1.165) is 31.1 Å². The molecule has 1 aliphatic heterocycles. The van der Waals surface area contributed by atoms with Crippen molar-refractivity contribution in [2.45, 2.75) is 30.2 Å². The lowest BCUT2D eigenvalue weighted by atomic mass is 10.2. The monoisotopic (exact) mass is 312 g/mol. The van der Waals surface area contributed by atoms with Crippen molar-refractivity contribution < 1.29 is 8.42 Å². The van der Waals surface area contributed by atoms with E-state index in [9.17, 15) is 8.42 Å². The summed E-state index contributed by atoms with van der Waals surface area (Å²) in [7, 11) is -3.52. The van der Waals surface area contributed by atoms with Gasteiger partial charge in [-0.05, 0) is 37.9 Å². The van der Waals surface area contributed by atoms with Gasteiger partial charge in [0.15, 0.2) is 0 Å². The maximum absolute atomic E-state index is 12.3. The Bertz CT molecular complexity index is 692. The largest absolute Gasteiger partial charge is 0.314 e. The molecule has 0 spiro atoms. The van der Waals surface area contributed by atoms with Crippen LogP contribution in [-0.2, 0) is 10.0 Å². The van der Waals surface area contributed by atoms with Crippen LogP contribution in [0, 0.1) is 0 Å². The maximum Gasteiger partial charge on any atom is 0.242 e. The molecule has 0 bridgehead atoms. The summed E-state index contributed by atoms with van der Waals surface area (Å²) in [5, 5.41) is 3.35. The standard InChI is InChI=1S/C12H16N4O2S2/c17-20(18,14-8-6-9-3-2-7-13-9)11-5-1-4-10-12(11)16-19-15-10/h1,4-5,9,13-14H,2-3,6-8H2/t9-/m1/s1. The first-order valence-corrected chi connectivity index (χ1v) is 8.82. The molecule has 0 radical (unpaired) electrons. The summed E-state index contributed by atoms with van der Waals surface area (Å²) in [6.45, 7) is 1.47. The van der Waals surface area contributed by atoms with Gasteiger partial charge in [-0.3, -0.25) is 0 Å². The summed E-state index contributed by atoms with van der Waals surface area (Å²) < 4.78 is 35.4. The predicted molar refractivity (Wildman–Crippen MR) is 78.2 cm³/mol. The third-order valence-electron chi connectivity index (χ3n) is 3.49. The molecule has 2 aromatic rings. The molecule has 8 heteroatoms. The molecule has 1 aromatic heterocycles. The van der Waals surface area contributed by atoms with Crippen molar-refractivity contribution in [3.05, 3.63) is 18.2 Å². The molecule has 2 N–H and O–H groups in total. The number of nitrogens with zero attached hydrogens (tertiary/aromatic N) is 2. The van der Waals surface area contributed by atoms with Crippen molar-refractivity contribution in [2.24, 2.45) is 0 Å². The first-order chi connectivity index (χ1) is 9.67. The van der Waals surface area contributed by atoms with Crippen molar-refractivity contribution in [1.82, 2.24) is 18.8 Å². The maximum atomic E-state index is 12.3. The average molecular weight is 312 g/mol. The van der Waals surface area contributed by atoms with E-state index in [1.165, 1.54) is 6.42 Å². The molecule has 1 saturated heterocycles. The summed E-state index contributed by atoms with van der Waals surface area (Å²) in [6.07, 6.45) is 3.10. The third-order valence-corrected chi connectivity index (χ3v) is 5.52. The minimum Gasteiger partial charge on any atom is -0.314 e. The predicted octanol–water partition coefficient (Wildman–Crippen LogP) is 1.11. The SMILES string of the molecule is O=S(=O)(NCC[C@H]1CCCN1)c1cccc2nsnc12. The Hall–Kier alpha value is -1.09. The molecular formula is C12H16N4O2S2. The molecule has 1 aromatic carbocycles. The van der Waals surface area contributed by atoms with Gasteiger partial charge in [-0.25, -0.2) is 13.1 Å². The van der Waals surface area contributed by atoms with Gasteiger partial charge in [0.1, 0.15) is 15.9 Å². The van der Waals surface area contributed by atoms with E-state index in [1.807, 2.05) is 0 Å². The van der Waals surface area contributed by atoms with Crippen molar-refractivity contribution in [3.8, 4) is 0 Å². The van der Waals surface area contributed by atoms with E-state index in [0.29, 0.717) is 23.6 Å². The molecule has 0 aliphatic carbocycles.